The number of hydrogen-bond acceptors (Lipinski definition) is 1. The SMILES string of the molecule is Cc1cccc(C(O)Cc2ccc(Br)cc2Cl)c1I. The van der Waals surface area contributed by atoms with Crippen molar-refractivity contribution in [2.45, 2.75) is 19.4 Å². The Morgan fingerprint density at radius 3 is 2.74 bits per heavy atom. The molecule has 0 spiro atoms. The molecule has 0 amide bonds. The zero-order valence-electron chi connectivity index (χ0n) is 10.3. The first-order valence-corrected chi connectivity index (χ1v) is 8.11. The molecule has 2 aromatic rings. The molecule has 0 saturated carbocycles. The second kappa shape index (κ2) is 6.57. The van der Waals surface area contributed by atoms with Crippen molar-refractivity contribution in [1.82, 2.24) is 0 Å². The van der Waals surface area contributed by atoms with Gasteiger partial charge in [0.15, 0.2) is 0 Å². The molecule has 19 heavy (non-hydrogen) atoms. The quantitative estimate of drug-likeness (QED) is 0.629. The molecule has 4 heteroatoms. The standard InChI is InChI=1S/C15H13BrClIO/c1-9-3-2-4-12(15(9)18)14(19)7-10-5-6-11(16)8-13(10)17/h2-6,8,14,19H,7H2,1H3. The first kappa shape index (κ1) is 15.3. The van der Waals surface area contributed by atoms with Crippen molar-refractivity contribution in [2.75, 3.05) is 0 Å². The summed E-state index contributed by atoms with van der Waals surface area (Å²) in [6.07, 6.45) is -0.0172. The third-order valence-corrected chi connectivity index (χ3v) is 5.33. The molecule has 1 N–H and O–H groups in total. The number of aliphatic hydroxyl groups is 1. The maximum absolute atomic E-state index is 10.4. The molecular weight excluding hydrogens is 438 g/mol. The number of aliphatic hydroxyl groups excluding tert-OH is 1. The number of halogens is 3. The van der Waals surface area contributed by atoms with E-state index >= 15 is 0 Å². The van der Waals surface area contributed by atoms with Gasteiger partial charge in [-0.15, -0.1) is 0 Å². The van der Waals surface area contributed by atoms with E-state index in [0.29, 0.717) is 11.4 Å². The van der Waals surface area contributed by atoms with Crippen molar-refractivity contribution in [3.63, 3.8) is 0 Å². The van der Waals surface area contributed by atoms with Crippen molar-refractivity contribution < 1.29 is 5.11 Å². The predicted molar refractivity (Wildman–Crippen MR) is 91.7 cm³/mol. The lowest BCUT2D eigenvalue weighted by Gasteiger charge is -2.15. The normalized spacial score (nSPS) is 12.5. The van der Waals surface area contributed by atoms with Crippen molar-refractivity contribution >= 4 is 50.1 Å². The van der Waals surface area contributed by atoms with E-state index in [-0.39, 0.29) is 0 Å². The van der Waals surface area contributed by atoms with Gasteiger partial charge in [0.05, 0.1) is 6.10 Å². The third-order valence-electron chi connectivity index (χ3n) is 3.01. The number of hydrogen-bond donors (Lipinski definition) is 1. The minimum atomic E-state index is -0.537. The zero-order chi connectivity index (χ0) is 14.0. The summed E-state index contributed by atoms with van der Waals surface area (Å²) in [6.45, 7) is 2.05. The molecule has 0 saturated heterocycles. The topological polar surface area (TPSA) is 20.2 Å². The zero-order valence-corrected chi connectivity index (χ0v) is 14.8. The van der Waals surface area contributed by atoms with E-state index in [0.717, 1.165) is 19.2 Å². The highest BCUT2D eigenvalue weighted by molar-refractivity contribution is 14.1. The second-order valence-electron chi connectivity index (χ2n) is 4.43. The lowest BCUT2D eigenvalue weighted by Crippen LogP contribution is -2.05. The summed E-state index contributed by atoms with van der Waals surface area (Å²) in [4.78, 5) is 0. The van der Waals surface area contributed by atoms with Crippen LogP contribution in [0.25, 0.3) is 0 Å². The molecule has 0 radical (unpaired) electrons. The van der Waals surface area contributed by atoms with Crippen LogP contribution in [0, 0.1) is 10.5 Å². The summed E-state index contributed by atoms with van der Waals surface area (Å²) in [6, 6.07) is 11.7. The Balaban J connectivity index is 2.25. The van der Waals surface area contributed by atoms with Gasteiger partial charge >= 0.3 is 0 Å². The second-order valence-corrected chi connectivity index (χ2v) is 6.84. The van der Waals surface area contributed by atoms with E-state index in [4.69, 9.17) is 11.6 Å². The number of benzene rings is 2. The average molecular weight is 452 g/mol. The molecule has 1 atom stereocenters. The summed E-state index contributed by atoms with van der Waals surface area (Å²) < 4.78 is 2.06. The molecule has 2 rings (SSSR count). The van der Waals surface area contributed by atoms with Crippen LogP contribution >= 0.6 is 50.1 Å². The maximum Gasteiger partial charge on any atom is 0.0841 e. The molecule has 2 aromatic carbocycles. The molecule has 0 aliphatic rings. The van der Waals surface area contributed by atoms with Crippen LogP contribution in [-0.2, 0) is 6.42 Å². The molecule has 0 heterocycles. The van der Waals surface area contributed by atoms with Gasteiger partial charge in [-0.3, -0.25) is 0 Å². The summed E-state index contributed by atoms with van der Waals surface area (Å²) >= 11 is 11.8. The van der Waals surface area contributed by atoms with Gasteiger partial charge < -0.3 is 5.11 Å². The highest BCUT2D eigenvalue weighted by Gasteiger charge is 2.14. The van der Waals surface area contributed by atoms with Crippen LogP contribution in [0.2, 0.25) is 5.02 Å². The van der Waals surface area contributed by atoms with Crippen molar-refractivity contribution in [3.8, 4) is 0 Å². The summed E-state index contributed by atoms with van der Waals surface area (Å²) in [5.41, 5.74) is 3.09. The van der Waals surface area contributed by atoms with Crippen LogP contribution in [0.1, 0.15) is 22.8 Å². The van der Waals surface area contributed by atoms with Gasteiger partial charge in [-0.2, -0.15) is 0 Å². The van der Waals surface area contributed by atoms with Gasteiger partial charge in [-0.1, -0.05) is 51.8 Å². The molecule has 0 bridgehead atoms. The van der Waals surface area contributed by atoms with Crippen LogP contribution in [0.5, 0.6) is 0 Å². The Bertz CT molecular complexity index is 601. The summed E-state index contributed by atoms with van der Waals surface area (Å²) in [5, 5.41) is 11.1. The third kappa shape index (κ3) is 3.72. The molecule has 0 aromatic heterocycles. The Labute approximate surface area is 140 Å². The summed E-state index contributed by atoms with van der Waals surface area (Å²) in [7, 11) is 0. The number of aryl methyl sites for hydroxylation is 1. The Hall–Kier alpha value is -0.100. The molecule has 0 aliphatic carbocycles. The Morgan fingerprint density at radius 1 is 1.32 bits per heavy atom. The van der Waals surface area contributed by atoms with Crippen LogP contribution in [0.4, 0.5) is 0 Å². The van der Waals surface area contributed by atoms with Crippen LogP contribution in [0.3, 0.4) is 0 Å². The van der Waals surface area contributed by atoms with E-state index in [1.54, 1.807) is 0 Å². The minimum Gasteiger partial charge on any atom is -0.388 e. The maximum atomic E-state index is 10.4. The van der Waals surface area contributed by atoms with Gasteiger partial charge in [0.25, 0.3) is 0 Å². The average Bonchev–Trinajstić information content (AvgIpc) is 2.36. The predicted octanol–water partition coefficient (Wildman–Crippen LogP) is 5.29. The van der Waals surface area contributed by atoms with E-state index in [9.17, 15) is 5.11 Å². The highest BCUT2D eigenvalue weighted by atomic mass is 127. The largest absolute Gasteiger partial charge is 0.388 e. The Kier molecular flexibility index (Phi) is 5.29. The van der Waals surface area contributed by atoms with E-state index in [1.807, 2.05) is 43.3 Å². The van der Waals surface area contributed by atoms with Gasteiger partial charge in [-0.05, 0) is 58.3 Å². The minimum absolute atomic E-state index is 0.519. The summed E-state index contributed by atoms with van der Waals surface area (Å²) in [5.74, 6) is 0. The van der Waals surface area contributed by atoms with Gasteiger partial charge in [0.1, 0.15) is 0 Å². The van der Waals surface area contributed by atoms with E-state index < -0.39 is 6.10 Å². The molecular formula is C15H13BrClIO. The van der Waals surface area contributed by atoms with Crippen molar-refractivity contribution in [3.05, 3.63) is 66.2 Å². The fourth-order valence-corrected chi connectivity index (χ4v) is 3.40. The first-order chi connectivity index (χ1) is 8.99. The van der Waals surface area contributed by atoms with Crippen LogP contribution in [0.15, 0.2) is 40.9 Å². The van der Waals surface area contributed by atoms with Gasteiger partial charge in [-0.25, -0.2) is 0 Å². The van der Waals surface area contributed by atoms with Crippen LogP contribution in [-0.4, -0.2) is 5.11 Å². The van der Waals surface area contributed by atoms with Crippen LogP contribution < -0.4 is 0 Å². The molecule has 1 nitrogen and oxygen atoms in total. The lowest BCUT2D eigenvalue weighted by atomic mass is 10.00. The van der Waals surface area contributed by atoms with Crippen molar-refractivity contribution in [1.29, 1.82) is 0 Å². The lowest BCUT2D eigenvalue weighted by molar-refractivity contribution is 0.177. The van der Waals surface area contributed by atoms with E-state index in [2.05, 4.69) is 38.5 Å². The van der Waals surface area contributed by atoms with Gasteiger partial charge in [0, 0.05) is 19.5 Å². The molecule has 0 aliphatic heterocycles. The van der Waals surface area contributed by atoms with Crippen molar-refractivity contribution in [2.24, 2.45) is 0 Å². The van der Waals surface area contributed by atoms with Gasteiger partial charge in [0.2, 0.25) is 0 Å². The fourth-order valence-electron chi connectivity index (χ4n) is 1.93. The smallest absolute Gasteiger partial charge is 0.0841 e. The van der Waals surface area contributed by atoms with E-state index in [1.165, 1.54) is 5.56 Å². The molecule has 100 valence electrons. The molecule has 0 fully saturated rings. The molecule has 1 unspecified atom stereocenters. The monoisotopic (exact) mass is 450 g/mol. The highest BCUT2D eigenvalue weighted by Crippen LogP contribution is 2.29. The fraction of sp³-hybridized carbons (Fsp3) is 0.200. The number of rotatable bonds is 3. The Morgan fingerprint density at radius 2 is 2.05 bits per heavy atom. The first-order valence-electron chi connectivity index (χ1n) is 5.86.